The molecule has 0 amide bonds. The van der Waals surface area contributed by atoms with Gasteiger partial charge in [-0.2, -0.15) is 0 Å². The van der Waals surface area contributed by atoms with Gasteiger partial charge in [-0.25, -0.2) is 0 Å². The Balaban J connectivity index is 1.73. The van der Waals surface area contributed by atoms with E-state index in [0.29, 0.717) is 6.04 Å². The first-order chi connectivity index (χ1) is 9.67. The summed E-state index contributed by atoms with van der Waals surface area (Å²) in [6.45, 7) is 10.3. The first-order valence-corrected chi connectivity index (χ1v) is 8.21. The highest BCUT2D eigenvalue weighted by Gasteiger charge is 2.36. The number of aryl methyl sites for hydroxylation is 2. The van der Waals surface area contributed by atoms with E-state index in [2.05, 4.69) is 49.2 Å². The fourth-order valence-electron chi connectivity index (χ4n) is 3.48. The van der Waals surface area contributed by atoms with Crippen LogP contribution in [0.4, 0.5) is 0 Å². The Morgan fingerprint density at radius 1 is 1.25 bits per heavy atom. The molecule has 1 aromatic carbocycles. The van der Waals surface area contributed by atoms with Crippen molar-refractivity contribution >= 4 is 0 Å². The molecule has 2 nitrogen and oxygen atoms in total. The number of nitrogens with zero attached hydrogens (tertiary/aromatic N) is 1. The van der Waals surface area contributed by atoms with Crippen LogP contribution in [0.1, 0.15) is 42.9 Å². The third-order valence-corrected chi connectivity index (χ3v) is 5.10. The lowest BCUT2D eigenvalue weighted by atomic mass is 10.00. The molecule has 2 atom stereocenters. The molecule has 1 saturated carbocycles. The molecule has 2 unspecified atom stereocenters. The molecule has 2 aliphatic rings. The van der Waals surface area contributed by atoms with Crippen molar-refractivity contribution in [1.82, 2.24) is 10.2 Å². The fraction of sp³-hybridized carbons (Fsp3) is 0.667. The van der Waals surface area contributed by atoms with E-state index in [1.165, 1.54) is 49.0 Å². The van der Waals surface area contributed by atoms with Crippen molar-refractivity contribution in [2.45, 2.75) is 58.7 Å². The summed E-state index contributed by atoms with van der Waals surface area (Å²) >= 11 is 0. The second-order valence-corrected chi connectivity index (χ2v) is 6.77. The monoisotopic (exact) mass is 272 g/mol. The molecule has 1 saturated heterocycles. The average Bonchev–Trinajstić information content (AvgIpc) is 3.27. The van der Waals surface area contributed by atoms with Crippen LogP contribution < -0.4 is 5.32 Å². The molecule has 0 aromatic heterocycles. The Morgan fingerprint density at radius 3 is 2.75 bits per heavy atom. The van der Waals surface area contributed by atoms with Crippen LogP contribution in [0.25, 0.3) is 0 Å². The van der Waals surface area contributed by atoms with Crippen LogP contribution in [0.5, 0.6) is 0 Å². The molecule has 1 aliphatic carbocycles. The van der Waals surface area contributed by atoms with Crippen LogP contribution >= 0.6 is 0 Å². The lowest BCUT2D eigenvalue weighted by Gasteiger charge is -2.40. The van der Waals surface area contributed by atoms with Crippen LogP contribution in [0, 0.1) is 19.8 Å². The van der Waals surface area contributed by atoms with Crippen molar-refractivity contribution in [3.8, 4) is 0 Å². The molecule has 1 aliphatic heterocycles. The van der Waals surface area contributed by atoms with Crippen LogP contribution in [-0.2, 0) is 6.54 Å². The van der Waals surface area contributed by atoms with Crippen molar-refractivity contribution in [3.05, 3.63) is 34.9 Å². The molecule has 20 heavy (non-hydrogen) atoms. The predicted octanol–water partition coefficient (Wildman–Crippen LogP) is 3.27. The van der Waals surface area contributed by atoms with Crippen molar-refractivity contribution in [1.29, 1.82) is 0 Å². The molecular weight excluding hydrogens is 244 g/mol. The molecule has 0 spiro atoms. The van der Waals surface area contributed by atoms with Crippen LogP contribution in [0.15, 0.2) is 18.2 Å². The zero-order valence-corrected chi connectivity index (χ0v) is 13.2. The van der Waals surface area contributed by atoms with E-state index in [4.69, 9.17) is 0 Å². The maximum Gasteiger partial charge on any atom is 0.0240 e. The van der Waals surface area contributed by atoms with Gasteiger partial charge in [0.1, 0.15) is 0 Å². The molecule has 2 heteroatoms. The molecule has 1 N–H and O–H groups in total. The van der Waals surface area contributed by atoms with Gasteiger partial charge in [0.25, 0.3) is 0 Å². The Morgan fingerprint density at radius 2 is 2.05 bits per heavy atom. The van der Waals surface area contributed by atoms with Crippen molar-refractivity contribution in [2.24, 2.45) is 5.92 Å². The number of hydrogen-bond donors (Lipinski definition) is 1. The van der Waals surface area contributed by atoms with Crippen molar-refractivity contribution in [2.75, 3.05) is 13.1 Å². The van der Waals surface area contributed by atoms with Crippen molar-refractivity contribution in [3.63, 3.8) is 0 Å². The van der Waals surface area contributed by atoms with E-state index >= 15 is 0 Å². The summed E-state index contributed by atoms with van der Waals surface area (Å²) in [5.41, 5.74) is 4.33. The first-order valence-electron chi connectivity index (χ1n) is 8.21. The quantitative estimate of drug-likeness (QED) is 0.905. The number of nitrogens with one attached hydrogen (secondary N) is 1. The normalized spacial score (nSPS) is 27.8. The van der Waals surface area contributed by atoms with E-state index in [0.717, 1.165) is 18.5 Å². The van der Waals surface area contributed by atoms with Gasteiger partial charge in [-0.05, 0) is 50.2 Å². The minimum absolute atomic E-state index is 0.699. The van der Waals surface area contributed by atoms with E-state index in [9.17, 15) is 0 Å². The maximum absolute atomic E-state index is 3.78. The SMILES string of the molecule is CCC1CNC(C2CC2)CN1Cc1cc(C)ccc1C. The molecular formula is C18H28N2. The topological polar surface area (TPSA) is 15.3 Å². The van der Waals surface area contributed by atoms with E-state index in [-0.39, 0.29) is 0 Å². The van der Waals surface area contributed by atoms with Gasteiger partial charge in [0.05, 0.1) is 0 Å². The third-order valence-electron chi connectivity index (χ3n) is 5.10. The standard InChI is InChI=1S/C18H28N2/c1-4-17-10-19-18(15-7-8-15)12-20(17)11-16-9-13(2)5-6-14(16)3/h5-6,9,15,17-19H,4,7-8,10-12H2,1-3H3. The lowest BCUT2D eigenvalue weighted by Crippen LogP contribution is -2.56. The van der Waals surface area contributed by atoms with Crippen molar-refractivity contribution < 1.29 is 0 Å². The first kappa shape index (κ1) is 14.1. The van der Waals surface area contributed by atoms with Crippen LogP contribution in [0.2, 0.25) is 0 Å². The van der Waals surface area contributed by atoms with Gasteiger partial charge in [0.15, 0.2) is 0 Å². The largest absolute Gasteiger partial charge is 0.311 e. The summed E-state index contributed by atoms with van der Waals surface area (Å²) in [5, 5.41) is 3.78. The second-order valence-electron chi connectivity index (χ2n) is 6.77. The van der Waals surface area contributed by atoms with Gasteiger partial charge in [-0.1, -0.05) is 30.7 Å². The highest BCUT2D eigenvalue weighted by molar-refractivity contribution is 5.30. The molecule has 0 radical (unpaired) electrons. The van der Waals surface area contributed by atoms with Gasteiger partial charge in [-0.15, -0.1) is 0 Å². The molecule has 110 valence electrons. The Hall–Kier alpha value is -0.860. The Bertz CT molecular complexity index is 464. The number of hydrogen-bond acceptors (Lipinski definition) is 2. The molecule has 1 heterocycles. The summed E-state index contributed by atoms with van der Waals surface area (Å²) in [4.78, 5) is 2.72. The maximum atomic E-state index is 3.78. The molecule has 0 bridgehead atoms. The van der Waals surface area contributed by atoms with E-state index in [1.54, 1.807) is 0 Å². The summed E-state index contributed by atoms with van der Waals surface area (Å²) in [7, 11) is 0. The molecule has 1 aromatic rings. The Labute approximate surface area is 123 Å². The van der Waals surface area contributed by atoms with Gasteiger partial charge in [-0.3, -0.25) is 4.90 Å². The van der Waals surface area contributed by atoms with Gasteiger partial charge >= 0.3 is 0 Å². The predicted molar refractivity (Wildman–Crippen MR) is 84.9 cm³/mol. The van der Waals surface area contributed by atoms with Gasteiger partial charge in [0, 0.05) is 31.7 Å². The summed E-state index contributed by atoms with van der Waals surface area (Å²) < 4.78 is 0. The van der Waals surface area contributed by atoms with E-state index in [1.807, 2.05) is 0 Å². The highest BCUT2D eigenvalue weighted by atomic mass is 15.2. The lowest BCUT2D eigenvalue weighted by molar-refractivity contribution is 0.111. The molecule has 3 rings (SSSR count). The van der Waals surface area contributed by atoms with Crippen LogP contribution in [-0.4, -0.2) is 30.1 Å². The zero-order chi connectivity index (χ0) is 14.1. The molecule has 2 fully saturated rings. The third kappa shape index (κ3) is 3.07. The number of rotatable bonds is 4. The zero-order valence-electron chi connectivity index (χ0n) is 13.2. The summed E-state index contributed by atoms with van der Waals surface area (Å²) in [5.74, 6) is 0.953. The van der Waals surface area contributed by atoms with Crippen LogP contribution in [0.3, 0.4) is 0 Å². The average molecular weight is 272 g/mol. The highest BCUT2D eigenvalue weighted by Crippen LogP contribution is 2.34. The minimum atomic E-state index is 0.699. The number of benzene rings is 1. The van der Waals surface area contributed by atoms with Gasteiger partial charge in [0.2, 0.25) is 0 Å². The van der Waals surface area contributed by atoms with E-state index < -0.39 is 0 Å². The number of piperazine rings is 1. The van der Waals surface area contributed by atoms with Gasteiger partial charge < -0.3 is 5.32 Å². The minimum Gasteiger partial charge on any atom is -0.311 e. The smallest absolute Gasteiger partial charge is 0.0240 e. The second kappa shape index (κ2) is 5.87. The fourth-order valence-corrected chi connectivity index (χ4v) is 3.48. The Kier molecular flexibility index (Phi) is 4.13. The summed E-state index contributed by atoms with van der Waals surface area (Å²) in [6.07, 6.45) is 4.12. The summed E-state index contributed by atoms with van der Waals surface area (Å²) in [6, 6.07) is 8.30.